The molecule has 0 aromatic heterocycles. The molecule has 2 aliphatic carbocycles. The molecule has 5 rings (SSSR count). The molecule has 33 heavy (non-hydrogen) atoms. The van der Waals surface area contributed by atoms with Crippen molar-refractivity contribution < 1.29 is 26.7 Å². The number of anilines is 1. The molecule has 2 saturated carbocycles. The number of amides is 1. The van der Waals surface area contributed by atoms with E-state index in [9.17, 15) is 22.0 Å². The number of benzene rings is 2. The summed E-state index contributed by atoms with van der Waals surface area (Å²) in [5.41, 5.74) is 1.37. The standard InChI is InChI=1S/C24H26F2N2O4S/c25-16-5-7-17(8-6-16)28-11-1-2-18(14-28)32-23-13-22(26)21(12-20(23)15-3-4-15)24(29)27-33(30,31)19-9-10-19/h5-8,12-13,15,18-19H,1-4,9-11,14H2,(H,27,29)/t18-/m1/s1. The molecule has 1 N–H and O–H groups in total. The molecule has 0 bridgehead atoms. The quantitative estimate of drug-likeness (QED) is 0.651. The Hall–Kier alpha value is -2.68. The van der Waals surface area contributed by atoms with Crippen molar-refractivity contribution in [2.45, 2.75) is 55.8 Å². The summed E-state index contributed by atoms with van der Waals surface area (Å²) >= 11 is 0. The van der Waals surface area contributed by atoms with Gasteiger partial charge < -0.3 is 9.64 Å². The predicted octanol–water partition coefficient (Wildman–Crippen LogP) is 4.11. The van der Waals surface area contributed by atoms with Crippen molar-refractivity contribution >= 4 is 21.6 Å². The van der Waals surface area contributed by atoms with Crippen LogP contribution in [-0.4, -0.2) is 38.8 Å². The van der Waals surface area contributed by atoms with E-state index in [1.807, 2.05) is 4.72 Å². The Morgan fingerprint density at radius 2 is 1.76 bits per heavy atom. The fourth-order valence-electron chi connectivity index (χ4n) is 4.31. The van der Waals surface area contributed by atoms with Crippen LogP contribution in [-0.2, 0) is 10.0 Å². The summed E-state index contributed by atoms with van der Waals surface area (Å²) in [6, 6.07) is 8.97. The van der Waals surface area contributed by atoms with Gasteiger partial charge in [-0.15, -0.1) is 0 Å². The lowest BCUT2D eigenvalue weighted by molar-refractivity contribution is 0.0977. The molecule has 1 saturated heterocycles. The maximum atomic E-state index is 14.9. The van der Waals surface area contributed by atoms with Crippen molar-refractivity contribution in [2.75, 3.05) is 18.0 Å². The van der Waals surface area contributed by atoms with Gasteiger partial charge in [0.05, 0.1) is 17.4 Å². The van der Waals surface area contributed by atoms with Crippen molar-refractivity contribution in [1.29, 1.82) is 0 Å². The monoisotopic (exact) mass is 476 g/mol. The summed E-state index contributed by atoms with van der Waals surface area (Å²) < 4.78 is 60.6. The highest BCUT2D eigenvalue weighted by molar-refractivity contribution is 7.91. The molecular weight excluding hydrogens is 450 g/mol. The van der Waals surface area contributed by atoms with Gasteiger partial charge in [0.1, 0.15) is 23.5 Å². The van der Waals surface area contributed by atoms with Crippen molar-refractivity contribution in [3.05, 3.63) is 59.2 Å². The molecule has 1 amide bonds. The third-order valence-electron chi connectivity index (χ3n) is 6.42. The average Bonchev–Trinajstić information content (AvgIpc) is 3.67. The van der Waals surface area contributed by atoms with Crippen LogP contribution >= 0.6 is 0 Å². The lowest BCUT2D eigenvalue weighted by Crippen LogP contribution is -2.41. The topological polar surface area (TPSA) is 75.7 Å². The zero-order chi connectivity index (χ0) is 23.2. The Balaban J connectivity index is 1.34. The molecule has 0 spiro atoms. The molecule has 3 fully saturated rings. The fourth-order valence-corrected chi connectivity index (χ4v) is 5.60. The van der Waals surface area contributed by atoms with Crippen molar-refractivity contribution in [1.82, 2.24) is 4.72 Å². The van der Waals surface area contributed by atoms with Crippen LogP contribution in [0.4, 0.5) is 14.5 Å². The predicted molar refractivity (Wildman–Crippen MR) is 120 cm³/mol. The van der Waals surface area contributed by atoms with E-state index in [1.165, 1.54) is 24.3 Å². The van der Waals surface area contributed by atoms with E-state index in [4.69, 9.17) is 4.74 Å². The van der Waals surface area contributed by atoms with Crippen LogP contribution in [0, 0.1) is 11.6 Å². The first-order valence-electron chi connectivity index (χ1n) is 11.4. The van der Waals surface area contributed by atoms with E-state index in [2.05, 4.69) is 4.90 Å². The number of carbonyl (C=O) groups is 1. The van der Waals surface area contributed by atoms with Gasteiger partial charge in [-0.05, 0) is 80.3 Å². The molecule has 6 nitrogen and oxygen atoms in total. The van der Waals surface area contributed by atoms with Crippen LogP contribution in [0.3, 0.4) is 0 Å². The number of carbonyl (C=O) groups excluding carboxylic acids is 1. The second kappa shape index (κ2) is 8.59. The second-order valence-corrected chi connectivity index (χ2v) is 11.1. The summed E-state index contributed by atoms with van der Waals surface area (Å²) in [4.78, 5) is 14.6. The molecule has 1 aliphatic heterocycles. The van der Waals surface area contributed by atoms with Crippen molar-refractivity contribution in [3.8, 4) is 5.75 Å². The SMILES string of the molecule is O=C(NS(=O)(=O)C1CC1)c1cc(C2CC2)c(O[C@@H]2CCCN(c3ccc(F)cc3)C2)cc1F. The van der Waals surface area contributed by atoms with Crippen LogP contribution in [0.1, 0.15) is 60.4 Å². The Bertz CT molecular complexity index is 1160. The highest BCUT2D eigenvalue weighted by atomic mass is 32.2. The number of hydrogen-bond donors (Lipinski definition) is 1. The van der Waals surface area contributed by atoms with Crippen LogP contribution in [0.2, 0.25) is 0 Å². The minimum atomic E-state index is -3.76. The number of sulfonamides is 1. The number of ether oxygens (including phenoxy) is 1. The highest BCUT2D eigenvalue weighted by Gasteiger charge is 2.38. The largest absolute Gasteiger partial charge is 0.488 e. The Morgan fingerprint density at radius 1 is 1.03 bits per heavy atom. The number of nitrogens with one attached hydrogen (secondary N) is 1. The van der Waals surface area contributed by atoms with Crippen molar-refractivity contribution in [3.63, 3.8) is 0 Å². The minimum Gasteiger partial charge on any atom is -0.488 e. The summed E-state index contributed by atoms with van der Waals surface area (Å²) in [6.07, 6.45) is 4.35. The Labute approximate surface area is 192 Å². The van der Waals surface area contributed by atoms with Gasteiger partial charge in [-0.25, -0.2) is 21.9 Å². The van der Waals surface area contributed by atoms with Gasteiger partial charge >= 0.3 is 0 Å². The first-order valence-corrected chi connectivity index (χ1v) is 12.9. The zero-order valence-corrected chi connectivity index (χ0v) is 18.9. The van der Waals surface area contributed by atoms with E-state index >= 15 is 0 Å². The highest BCUT2D eigenvalue weighted by Crippen LogP contribution is 2.45. The van der Waals surface area contributed by atoms with E-state index in [-0.39, 0.29) is 23.4 Å². The molecule has 1 atom stereocenters. The Morgan fingerprint density at radius 3 is 2.42 bits per heavy atom. The van der Waals surface area contributed by atoms with E-state index < -0.39 is 27.0 Å². The van der Waals surface area contributed by atoms with Crippen LogP contribution < -0.4 is 14.4 Å². The van der Waals surface area contributed by atoms with Gasteiger partial charge in [-0.1, -0.05) is 0 Å². The number of hydrogen-bond acceptors (Lipinski definition) is 5. The zero-order valence-electron chi connectivity index (χ0n) is 18.1. The maximum absolute atomic E-state index is 14.9. The molecule has 176 valence electrons. The van der Waals surface area contributed by atoms with E-state index in [1.54, 1.807) is 12.1 Å². The minimum absolute atomic E-state index is 0.170. The van der Waals surface area contributed by atoms with Crippen LogP contribution in [0.5, 0.6) is 5.75 Å². The van der Waals surface area contributed by atoms with Gasteiger partial charge in [-0.3, -0.25) is 4.79 Å². The number of halogens is 2. The smallest absolute Gasteiger partial charge is 0.267 e. The van der Waals surface area contributed by atoms with Gasteiger partial charge in [0.15, 0.2) is 0 Å². The third-order valence-corrected chi connectivity index (χ3v) is 8.24. The third kappa shape index (κ3) is 4.98. The molecule has 2 aromatic carbocycles. The molecule has 9 heteroatoms. The summed E-state index contributed by atoms with van der Waals surface area (Å²) in [5, 5.41) is -0.564. The number of nitrogens with zero attached hydrogens (tertiary/aromatic N) is 1. The first-order chi connectivity index (χ1) is 15.8. The fraction of sp³-hybridized carbons (Fsp3) is 0.458. The summed E-state index contributed by atoms with van der Waals surface area (Å²) in [5.74, 6) is -1.45. The lowest BCUT2D eigenvalue weighted by atomic mass is 10.0. The molecule has 3 aliphatic rings. The second-order valence-electron chi connectivity index (χ2n) is 9.12. The molecule has 0 unspecified atom stereocenters. The van der Waals surface area contributed by atoms with Crippen LogP contribution in [0.25, 0.3) is 0 Å². The Kier molecular flexibility index (Phi) is 5.76. The average molecular weight is 477 g/mol. The normalized spacial score (nSPS) is 21.0. The van der Waals surface area contributed by atoms with Gasteiger partial charge in [-0.2, -0.15) is 0 Å². The van der Waals surface area contributed by atoms with Crippen molar-refractivity contribution in [2.24, 2.45) is 0 Å². The molecule has 2 aromatic rings. The summed E-state index contributed by atoms with van der Waals surface area (Å²) in [6.45, 7) is 1.41. The van der Waals surface area contributed by atoms with Gasteiger partial charge in [0.2, 0.25) is 10.0 Å². The van der Waals surface area contributed by atoms with E-state index in [0.717, 1.165) is 43.5 Å². The van der Waals surface area contributed by atoms with Gasteiger partial charge in [0.25, 0.3) is 5.91 Å². The maximum Gasteiger partial charge on any atom is 0.267 e. The summed E-state index contributed by atoms with van der Waals surface area (Å²) in [7, 11) is -3.76. The molecular formula is C24H26F2N2O4S. The van der Waals surface area contributed by atoms with Gasteiger partial charge in [0, 0.05) is 18.3 Å². The first kappa shape index (κ1) is 22.1. The van der Waals surface area contributed by atoms with Crippen LogP contribution in [0.15, 0.2) is 36.4 Å². The number of rotatable bonds is 7. The molecule has 1 heterocycles. The van der Waals surface area contributed by atoms with E-state index in [0.29, 0.717) is 25.1 Å². The lowest BCUT2D eigenvalue weighted by Gasteiger charge is -2.35. The molecule has 0 radical (unpaired) electrons. The number of piperidine rings is 1.